The number of benzene rings is 1. The van der Waals surface area contributed by atoms with Crippen molar-refractivity contribution in [2.45, 2.75) is 52.4 Å². The number of fused-ring (bicyclic) bond motifs is 1. The molecule has 1 aliphatic rings. The van der Waals surface area contributed by atoms with Crippen molar-refractivity contribution in [2.75, 3.05) is 17.2 Å². The largest absolute Gasteiger partial charge is 0.354 e. The molecule has 2 aromatic rings. The molecule has 3 rings (SSSR count). The second-order valence-electron chi connectivity index (χ2n) is 7.70. The average molecular weight is 411 g/mol. The van der Waals surface area contributed by atoms with Crippen molar-refractivity contribution in [3.05, 3.63) is 52.0 Å². The van der Waals surface area contributed by atoms with Crippen LogP contribution in [0.4, 0.5) is 17.5 Å². The summed E-state index contributed by atoms with van der Waals surface area (Å²) >= 11 is 6.02. The van der Waals surface area contributed by atoms with Crippen molar-refractivity contribution in [1.29, 1.82) is 0 Å². The number of hydrogen-bond donors (Lipinski definition) is 2. The van der Waals surface area contributed by atoms with Gasteiger partial charge in [0.05, 0.1) is 5.35 Å². The van der Waals surface area contributed by atoms with Gasteiger partial charge in [-0.2, -0.15) is 4.98 Å². The molecule has 1 aliphatic carbocycles. The van der Waals surface area contributed by atoms with Gasteiger partial charge in [0, 0.05) is 22.5 Å². The van der Waals surface area contributed by atoms with Crippen molar-refractivity contribution in [1.82, 2.24) is 9.97 Å². The molecule has 1 heterocycles. The first-order valence-electron chi connectivity index (χ1n) is 10.7. The SMILES string of the molecule is CCCCCCC(C)CNc1nc(Nc2ccc(Cl)cc2)c2c(n1)=CCC=CC=2. The van der Waals surface area contributed by atoms with E-state index in [0.717, 1.165) is 40.1 Å². The van der Waals surface area contributed by atoms with Gasteiger partial charge in [0.2, 0.25) is 5.95 Å². The summed E-state index contributed by atoms with van der Waals surface area (Å²) in [6.07, 6.45) is 15.7. The van der Waals surface area contributed by atoms with E-state index in [9.17, 15) is 0 Å². The first kappa shape index (κ1) is 21.4. The lowest BCUT2D eigenvalue weighted by atomic mass is 10.0. The molecule has 2 N–H and O–H groups in total. The molecular weight excluding hydrogens is 380 g/mol. The summed E-state index contributed by atoms with van der Waals surface area (Å²) in [6.45, 7) is 5.42. The van der Waals surface area contributed by atoms with Crippen molar-refractivity contribution in [3.63, 3.8) is 0 Å². The van der Waals surface area contributed by atoms with E-state index in [0.29, 0.717) is 11.9 Å². The summed E-state index contributed by atoms with van der Waals surface area (Å²) < 4.78 is 0. The van der Waals surface area contributed by atoms with Crippen LogP contribution in [0.25, 0.3) is 12.2 Å². The van der Waals surface area contributed by atoms with Gasteiger partial charge in [0.1, 0.15) is 5.82 Å². The van der Waals surface area contributed by atoms with Crippen LogP contribution in [0.3, 0.4) is 0 Å². The molecule has 154 valence electrons. The standard InChI is InChI=1S/C24H31ClN4/c1-3-4-5-7-10-18(2)17-26-24-28-22-12-9-6-8-11-21(22)23(29-24)27-20-15-13-19(25)14-16-20/h6,8,11-16,18H,3-5,7,9-10,17H2,1-2H3,(H2,26,27,28,29). The van der Waals surface area contributed by atoms with Crippen LogP contribution < -0.4 is 21.2 Å². The average Bonchev–Trinajstić information content (AvgIpc) is 2.97. The minimum absolute atomic E-state index is 0.596. The van der Waals surface area contributed by atoms with E-state index >= 15 is 0 Å². The van der Waals surface area contributed by atoms with Gasteiger partial charge in [0.25, 0.3) is 0 Å². The fourth-order valence-corrected chi connectivity index (χ4v) is 3.49. The number of nitrogens with one attached hydrogen (secondary N) is 2. The maximum atomic E-state index is 6.02. The lowest BCUT2D eigenvalue weighted by Crippen LogP contribution is -2.33. The predicted octanol–water partition coefficient (Wildman–Crippen LogP) is 5.41. The molecule has 0 saturated carbocycles. The molecule has 1 unspecified atom stereocenters. The van der Waals surface area contributed by atoms with Crippen molar-refractivity contribution < 1.29 is 0 Å². The Morgan fingerprint density at radius 1 is 1.10 bits per heavy atom. The Morgan fingerprint density at radius 3 is 2.72 bits per heavy atom. The molecule has 0 aliphatic heterocycles. The van der Waals surface area contributed by atoms with Gasteiger partial charge in [-0.15, -0.1) is 0 Å². The minimum atomic E-state index is 0.596. The Bertz CT molecular complexity index is 935. The summed E-state index contributed by atoms with van der Waals surface area (Å²) in [5, 5.41) is 9.56. The Hall–Kier alpha value is -2.33. The Balaban J connectivity index is 1.76. The summed E-state index contributed by atoms with van der Waals surface area (Å²) in [5.74, 6) is 2.07. The molecule has 0 radical (unpaired) electrons. The normalized spacial score (nSPS) is 13.6. The van der Waals surface area contributed by atoms with E-state index in [-0.39, 0.29) is 0 Å². The van der Waals surface area contributed by atoms with Gasteiger partial charge in [-0.3, -0.25) is 0 Å². The molecule has 0 fully saturated rings. The lowest BCUT2D eigenvalue weighted by molar-refractivity contribution is 0.507. The van der Waals surface area contributed by atoms with E-state index in [1.165, 1.54) is 32.1 Å². The topological polar surface area (TPSA) is 49.8 Å². The number of allylic oxidation sites excluding steroid dienone is 2. The number of aromatic nitrogens is 2. The van der Waals surface area contributed by atoms with Crippen molar-refractivity contribution >= 4 is 41.2 Å². The number of nitrogens with zero attached hydrogens (tertiary/aromatic N) is 2. The number of rotatable bonds is 10. The van der Waals surface area contributed by atoms with Crippen LogP contribution in [0.5, 0.6) is 0 Å². The second-order valence-corrected chi connectivity index (χ2v) is 8.13. The van der Waals surface area contributed by atoms with Crippen LogP contribution >= 0.6 is 11.6 Å². The summed E-state index contributed by atoms with van der Waals surface area (Å²) in [5.41, 5.74) is 0.951. The third-order valence-corrected chi connectivity index (χ3v) is 5.34. The molecule has 0 saturated heterocycles. The monoisotopic (exact) mass is 410 g/mol. The highest BCUT2D eigenvalue weighted by Gasteiger charge is 2.08. The highest BCUT2D eigenvalue weighted by Crippen LogP contribution is 2.17. The molecule has 4 nitrogen and oxygen atoms in total. The maximum Gasteiger partial charge on any atom is 0.225 e. The molecule has 0 amide bonds. The lowest BCUT2D eigenvalue weighted by Gasteiger charge is -2.14. The molecule has 5 heteroatoms. The first-order chi connectivity index (χ1) is 14.2. The smallest absolute Gasteiger partial charge is 0.225 e. The zero-order valence-electron chi connectivity index (χ0n) is 17.4. The third kappa shape index (κ3) is 6.60. The number of halogens is 1. The molecule has 1 aromatic carbocycles. The van der Waals surface area contributed by atoms with Crippen LogP contribution in [0.15, 0.2) is 36.4 Å². The maximum absolute atomic E-state index is 6.02. The molecule has 0 spiro atoms. The Kier molecular flexibility index (Phi) is 8.12. The summed E-state index contributed by atoms with van der Waals surface area (Å²) in [4.78, 5) is 9.54. The molecular formula is C24H31ClN4. The number of anilines is 3. The Labute approximate surface area is 178 Å². The molecule has 0 bridgehead atoms. The number of unbranched alkanes of at least 4 members (excludes halogenated alkanes) is 3. The van der Waals surface area contributed by atoms with Crippen LogP contribution in [-0.2, 0) is 0 Å². The Morgan fingerprint density at radius 2 is 1.93 bits per heavy atom. The fourth-order valence-electron chi connectivity index (χ4n) is 3.36. The van der Waals surface area contributed by atoms with Gasteiger partial charge in [-0.25, -0.2) is 4.98 Å². The quantitative estimate of drug-likeness (QED) is 0.514. The third-order valence-electron chi connectivity index (χ3n) is 5.09. The van der Waals surface area contributed by atoms with E-state index in [1.54, 1.807) is 0 Å². The van der Waals surface area contributed by atoms with Gasteiger partial charge in [0.15, 0.2) is 0 Å². The molecule has 1 aromatic heterocycles. The minimum Gasteiger partial charge on any atom is -0.354 e. The second kappa shape index (κ2) is 11.0. The van der Waals surface area contributed by atoms with E-state index in [2.05, 4.69) is 48.8 Å². The van der Waals surface area contributed by atoms with Crippen LogP contribution in [0.2, 0.25) is 5.02 Å². The summed E-state index contributed by atoms with van der Waals surface area (Å²) in [6, 6.07) is 7.66. The van der Waals surface area contributed by atoms with Gasteiger partial charge in [-0.05, 0) is 49.1 Å². The zero-order chi connectivity index (χ0) is 20.5. The van der Waals surface area contributed by atoms with E-state index in [1.807, 2.05) is 24.3 Å². The van der Waals surface area contributed by atoms with Crippen molar-refractivity contribution in [2.24, 2.45) is 5.92 Å². The van der Waals surface area contributed by atoms with E-state index < -0.39 is 0 Å². The van der Waals surface area contributed by atoms with Gasteiger partial charge in [-0.1, -0.05) is 69.4 Å². The van der Waals surface area contributed by atoms with E-state index in [4.69, 9.17) is 21.6 Å². The molecule has 1 atom stereocenters. The first-order valence-corrected chi connectivity index (χ1v) is 11.0. The highest BCUT2D eigenvalue weighted by atomic mass is 35.5. The van der Waals surface area contributed by atoms with Crippen molar-refractivity contribution in [3.8, 4) is 0 Å². The molecule has 29 heavy (non-hydrogen) atoms. The summed E-state index contributed by atoms with van der Waals surface area (Å²) in [7, 11) is 0. The highest BCUT2D eigenvalue weighted by molar-refractivity contribution is 6.30. The zero-order valence-corrected chi connectivity index (χ0v) is 18.2. The van der Waals surface area contributed by atoms with Gasteiger partial charge < -0.3 is 10.6 Å². The van der Waals surface area contributed by atoms with Crippen LogP contribution in [-0.4, -0.2) is 16.5 Å². The fraction of sp³-hybridized carbons (Fsp3) is 0.417. The van der Waals surface area contributed by atoms with Crippen LogP contribution in [0, 0.1) is 5.92 Å². The van der Waals surface area contributed by atoms with Gasteiger partial charge >= 0.3 is 0 Å². The predicted molar refractivity (Wildman–Crippen MR) is 125 cm³/mol. The van der Waals surface area contributed by atoms with Crippen LogP contribution in [0.1, 0.15) is 52.4 Å². The number of hydrogen-bond acceptors (Lipinski definition) is 4.